The van der Waals surface area contributed by atoms with Crippen molar-refractivity contribution in [2.45, 2.75) is 62.7 Å². The van der Waals surface area contributed by atoms with E-state index >= 15 is 0 Å². The van der Waals surface area contributed by atoms with E-state index in [1.54, 1.807) is 23.9 Å². The summed E-state index contributed by atoms with van der Waals surface area (Å²) >= 11 is 1.55. The molecule has 2 rings (SSSR count). The Kier molecular flexibility index (Phi) is 12.8. The summed E-state index contributed by atoms with van der Waals surface area (Å²) in [6, 6.07) is 2.15. The Hall–Kier alpha value is -3.52. The van der Waals surface area contributed by atoms with Crippen molar-refractivity contribution in [1.29, 1.82) is 0 Å². The van der Waals surface area contributed by atoms with Crippen molar-refractivity contribution >= 4 is 41.4 Å². The van der Waals surface area contributed by atoms with Crippen molar-refractivity contribution in [3.63, 3.8) is 0 Å². The molecule has 14 heteroatoms. The topological polar surface area (TPSA) is 226 Å². The van der Waals surface area contributed by atoms with Crippen LogP contribution in [0.3, 0.4) is 0 Å². The molecular weight excluding hydrogens is 526 g/mol. The summed E-state index contributed by atoms with van der Waals surface area (Å²) in [5.41, 5.74) is 17.3. The molecule has 0 spiro atoms. The summed E-state index contributed by atoms with van der Waals surface area (Å²) in [6.07, 6.45) is 3.85. The molecule has 1 aliphatic heterocycles. The number of nitrogens with zero attached hydrogens (tertiary/aromatic N) is 2. The van der Waals surface area contributed by atoms with Gasteiger partial charge in [-0.05, 0) is 61.8 Å². The van der Waals surface area contributed by atoms with Crippen LogP contribution in [0.2, 0.25) is 0 Å². The number of hydrogen-bond donors (Lipinski definition) is 7. The Morgan fingerprint density at radius 2 is 1.82 bits per heavy atom. The van der Waals surface area contributed by atoms with Crippen molar-refractivity contribution in [2.75, 3.05) is 25.1 Å². The lowest BCUT2D eigenvalue weighted by Crippen LogP contribution is -2.57. The van der Waals surface area contributed by atoms with E-state index in [0.29, 0.717) is 37.0 Å². The Morgan fingerprint density at radius 3 is 2.44 bits per heavy atom. The molecule has 4 atom stereocenters. The van der Waals surface area contributed by atoms with E-state index in [4.69, 9.17) is 17.2 Å². The molecule has 1 heterocycles. The third-order valence-corrected chi connectivity index (χ3v) is 7.00. The van der Waals surface area contributed by atoms with Crippen molar-refractivity contribution in [3.05, 3.63) is 29.8 Å². The highest BCUT2D eigenvalue weighted by molar-refractivity contribution is 7.98. The number of likely N-dealkylation sites (tertiary alicyclic amines) is 1. The average Bonchev–Trinajstić information content (AvgIpc) is 3.39. The zero-order valence-corrected chi connectivity index (χ0v) is 22.9. The Bertz CT molecular complexity index is 1020. The maximum atomic E-state index is 13.6. The zero-order valence-electron chi connectivity index (χ0n) is 22.0. The summed E-state index contributed by atoms with van der Waals surface area (Å²) in [4.78, 5) is 56.6. The minimum absolute atomic E-state index is 0.000568. The Balaban J connectivity index is 2.13. The van der Waals surface area contributed by atoms with Crippen LogP contribution < -0.4 is 27.8 Å². The lowest BCUT2D eigenvalue weighted by Gasteiger charge is -2.30. The predicted octanol–water partition coefficient (Wildman–Crippen LogP) is -0.886. The third kappa shape index (κ3) is 10.3. The van der Waals surface area contributed by atoms with Gasteiger partial charge in [0.15, 0.2) is 5.96 Å². The van der Waals surface area contributed by atoms with E-state index in [9.17, 15) is 29.4 Å². The lowest BCUT2D eigenvalue weighted by molar-refractivity contribution is -0.145. The number of nitrogens with one attached hydrogen (secondary N) is 2. The number of phenolic OH excluding ortho intramolecular Hbond substituents is 1. The summed E-state index contributed by atoms with van der Waals surface area (Å²) in [6.45, 7) is 0.535. The van der Waals surface area contributed by atoms with E-state index in [-0.39, 0.29) is 37.6 Å². The number of rotatable bonds is 15. The molecular formula is C25H39N7O6S. The van der Waals surface area contributed by atoms with E-state index in [2.05, 4.69) is 15.6 Å². The van der Waals surface area contributed by atoms with Gasteiger partial charge in [-0.2, -0.15) is 11.8 Å². The number of thioether (sulfide) groups is 1. The van der Waals surface area contributed by atoms with E-state index in [0.717, 1.165) is 0 Å². The molecule has 1 fully saturated rings. The maximum Gasteiger partial charge on any atom is 0.326 e. The molecule has 1 aromatic carbocycles. The van der Waals surface area contributed by atoms with Gasteiger partial charge in [0.1, 0.15) is 23.9 Å². The van der Waals surface area contributed by atoms with Gasteiger partial charge in [0.2, 0.25) is 17.7 Å². The molecule has 0 aromatic heterocycles. The van der Waals surface area contributed by atoms with Crippen LogP contribution in [0.4, 0.5) is 0 Å². The van der Waals surface area contributed by atoms with Crippen LogP contribution >= 0.6 is 11.8 Å². The van der Waals surface area contributed by atoms with Gasteiger partial charge in [0.25, 0.3) is 0 Å². The minimum atomic E-state index is -1.23. The summed E-state index contributed by atoms with van der Waals surface area (Å²) < 4.78 is 0. The minimum Gasteiger partial charge on any atom is -0.508 e. The highest BCUT2D eigenvalue weighted by Crippen LogP contribution is 2.21. The number of hydrogen-bond acceptors (Lipinski definition) is 8. The van der Waals surface area contributed by atoms with Gasteiger partial charge in [-0.15, -0.1) is 0 Å². The van der Waals surface area contributed by atoms with Crippen molar-refractivity contribution in [2.24, 2.45) is 22.2 Å². The summed E-state index contributed by atoms with van der Waals surface area (Å²) in [5, 5.41) is 24.4. The molecule has 1 aromatic rings. The smallest absolute Gasteiger partial charge is 0.326 e. The van der Waals surface area contributed by atoms with Crippen LogP contribution in [0.1, 0.15) is 37.7 Å². The van der Waals surface area contributed by atoms with Gasteiger partial charge in [-0.25, -0.2) is 4.79 Å². The number of carboxylic acids is 1. The highest BCUT2D eigenvalue weighted by atomic mass is 32.2. The van der Waals surface area contributed by atoms with Crippen LogP contribution in [0.5, 0.6) is 5.75 Å². The highest BCUT2D eigenvalue weighted by Gasteiger charge is 2.39. The molecule has 0 radical (unpaired) electrons. The van der Waals surface area contributed by atoms with Gasteiger partial charge in [0, 0.05) is 19.5 Å². The van der Waals surface area contributed by atoms with Crippen LogP contribution in [0.15, 0.2) is 29.3 Å². The van der Waals surface area contributed by atoms with Gasteiger partial charge in [-0.3, -0.25) is 19.4 Å². The van der Waals surface area contributed by atoms with Crippen LogP contribution in [-0.2, 0) is 25.6 Å². The molecule has 13 nitrogen and oxygen atoms in total. The molecule has 4 unspecified atom stereocenters. The molecule has 3 amide bonds. The molecule has 39 heavy (non-hydrogen) atoms. The fraction of sp³-hybridized carbons (Fsp3) is 0.560. The summed E-state index contributed by atoms with van der Waals surface area (Å²) in [5.74, 6) is -2.10. The van der Waals surface area contributed by atoms with Gasteiger partial charge in [0.05, 0.1) is 6.04 Å². The molecule has 1 saturated heterocycles. The van der Waals surface area contributed by atoms with E-state index < -0.39 is 47.9 Å². The number of benzene rings is 1. The quantitative estimate of drug-likeness (QED) is 0.0788. The summed E-state index contributed by atoms with van der Waals surface area (Å²) in [7, 11) is 0. The average molecular weight is 566 g/mol. The third-order valence-electron chi connectivity index (χ3n) is 6.36. The molecule has 0 aliphatic carbocycles. The first kappa shape index (κ1) is 31.7. The number of amides is 3. The number of carbonyl (C=O) groups is 4. The number of aliphatic carboxylic acids is 1. The number of guanidine groups is 1. The molecule has 1 aliphatic rings. The number of aliphatic imine (C=N–C) groups is 1. The second-order valence-corrected chi connectivity index (χ2v) is 10.3. The van der Waals surface area contributed by atoms with Crippen LogP contribution in [-0.4, -0.2) is 94.0 Å². The van der Waals surface area contributed by atoms with Crippen LogP contribution in [0, 0.1) is 0 Å². The van der Waals surface area contributed by atoms with Gasteiger partial charge < -0.3 is 42.9 Å². The normalized spacial score (nSPS) is 17.1. The van der Waals surface area contributed by atoms with Crippen molar-refractivity contribution in [1.82, 2.24) is 15.5 Å². The first-order valence-corrected chi connectivity index (χ1v) is 14.1. The number of carbonyl (C=O) groups excluding carboxylic acids is 3. The molecule has 216 valence electrons. The van der Waals surface area contributed by atoms with Gasteiger partial charge in [-0.1, -0.05) is 12.1 Å². The molecule has 10 N–H and O–H groups in total. The van der Waals surface area contributed by atoms with E-state index in [1.165, 1.54) is 17.0 Å². The SMILES string of the molecule is CSCCC(N)C(=O)NC(CCCN=C(N)N)C(=O)N1CCCC1C(=O)NC(Cc1ccc(O)cc1)C(=O)O. The first-order chi connectivity index (χ1) is 18.5. The maximum absolute atomic E-state index is 13.6. The Labute approximate surface area is 231 Å². The Morgan fingerprint density at radius 1 is 1.13 bits per heavy atom. The zero-order chi connectivity index (χ0) is 28.9. The van der Waals surface area contributed by atoms with Crippen molar-refractivity contribution < 1.29 is 29.4 Å². The molecule has 0 bridgehead atoms. The first-order valence-electron chi connectivity index (χ1n) is 12.7. The fourth-order valence-electron chi connectivity index (χ4n) is 4.25. The molecule has 0 saturated carbocycles. The second-order valence-electron chi connectivity index (χ2n) is 9.36. The predicted molar refractivity (Wildman–Crippen MR) is 149 cm³/mol. The number of aromatic hydroxyl groups is 1. The fourth-order valence-corrected chi connectivity index (χ4v) is 4.74. The standard InChI is InChI=1S/C25H39N7O6S/c1-39-13-10-17(26)21(34)30-18(4-2-11-29-25(27)28)23(36)32-12-3-5-20(32)22(35)31-19(24(37)38)14-15-6-8-16(33)9-7-15/h6-9,17-20,33H,2-5,10-14,26H2,1H3,(H,30,34)(H,31,35)(H,37,38)(H4,27,28,29). The van der Waals surface area contributed by atoms with Crippen molar-refractivity contribution in [3.8, 4) is 5.75 Å². The number of nitrogens with two attached hydrogens (primary N) is 3. The largest absolute Gasteiger partial charge is 0.508 e. The monoisotopic (exact) mass is 565 g/mol. The lowest BCUT2D eigenvalue weighted by atomic mass is 10.0. The number of phenols is 1. The second kappa shape index (κ2) is 15.8. The van der Waals surface area contributed by atoms with Crippen LogP contribution in [0.25, 0.3) is 0 Å². The van der Waals surface area contributed by atoms with Gasteiger partial charge >= 0.3 is 5.97 Å². The van der Waals surface area contributed by atoms with E-state index in [1.807, 2.05) is 6.26 Å². The number of carboxylic acid groups (broad SMARTS) is 1.